The highest BCUT2D eigenvalue weighted by Gasteiger charge is 2.19. The number of benzene rings is 1. The third-order valence-corrected chi connectivity index (χ3v) is 4.08. The van der Waals surface area contributed by atoms with Gasteiger partial charge in [-0.25, -0.2) is 4.68 Å². The molecular formula is C13H14N4OS. The molecule has 19 heavy (non-hydrogen) atoms. The van der Waals surface area contributed by atoms with E-state index in [0.717, 1.165) is 16.2 Å². The molecule has 1 aromatic carbocycles. The van der Waals surface area contributed by atoms with Gasteiger partial charge in [-0.15, -0.1) is 0 Å². The van der Waals surface area contributed by atoms with Gasteiger partial charge in [0.25, 0.3) is 5.56 Å². The Kier molecular flexibility index (Phi) is 2.67. The Morgan fingerprint density at radius 1 is 1.21 bits per heavy atom. The van der Waals surface area contributed by atoms with Crippen LogP contribution in [0, 0.1) is 0 Å². The molecule has 2 aromatic heterocycles. The third kappa shape index (κ3) is 1.67. The van der Waals surface area contributed by atoms with Crippen LogP contribution in [0.25, 0.3) is 16.7 Å². The molecule has 2 heterocycles. The first kappa shape index (κ1) is 12.0. The van der Waals surface area contributed by atoms with Crippen molar-refractivity contribution >= 4 is 27.6 Å². The smallest absolute Gasteiger partial charge is 0.299 e. The number of aromatic nitrogens is 3. The van der Waals surface area contributed by atoms with Crippen molar-refractivity contribution in [3.8, 4) is 5.69 Å². The fraction of sp³-hybridized carbons (Fsp3) is 0.231. The second-order valence-electron chi connectivity index (χ2n) is 4.56. The van der Waals surface area contributed by atoms with Crippen molar-refractivity contribution in [3.63, 3.8) is 0 Å². The number of hydrogen-bond acceptors (Lipinski definition) is 4. The maximum Gasteiger partial charge on any atom is 0.299 e. The number of nitrogens with zero attached hydrogens (tertiary/aromatic N) is 4. The van der Waals surface area contributed by atoms with Crippen LogP contribution in [0.1, 0.15) is 0 Å². The Balaban J connectivity index is 2.37. The third-order valence-electron chi connectivity index (χ3n) is 3.08. The molecule has 0 aliphatic carbocycles. The topological polar surface area (TPSA) is 43.1 Å². The van der Waals surface area contributed by atoms with Crippen molar-refractivity contribution in [2.24, 2.45) is 7.05 Å². The molecule has 0 radical (unpaired) electrons. The van der Waals surface area contributed by atoms with Gasteiger partial charge < -0.3 is 4.90 Å². The molecule has 6 heteroatoms. The predicted molar refractivity (Wildman–Crippen MR) is 78.5 cm³/mol. The van der Waals surface area contributed by atoms with Crippen molar-refractivity contribution in [2.75, 3.05) is 19.0 Å². The van der Waals surface area contributed by atoms with E-state index >= 15 is 0 Å². The summed E-state index contributed by atoms with van der Waals surface area (Å²) in [5.41, 5.74) is 2.18. The molecule has 0 N–H and O–H groups in total. The summed E-state index contributed by atoms with van der Waals surface area (Å²) >= 11 is 1.35. The van der Waals surface area contributed by atoms with Gasteiger partial charge in [-0.2, -0.15) is 4.37 Å². The Bertz CT molecular complexity index is 782. The summed E-state index contributed by atoms with van der Waals surface area (Å²) in [7, 11) is 5.80. The van der Waals surface area contributed by atoms with E-state index in [1.807, 2.05) is 61.1 Å². The minimum Gasteiger partial charge on any atom is -0.367 e. The number of aryl methyl sites for hydroxylation is 1. The van der Waals surface area contributed by atoms with Gasteiger partial charge in [0.15, 0.2) is 5.52 Å². The fourth-order valence-electron chi connectivity index (χ4n) is 2.20. The SMILES string of the molecule is CN(C)c1snc2c(=O)n(-c3ccccc3)n(C)c12. The van der Waals surface area contributed by atoms with Crippen LogP contribution in [-0.4, -0.2) is 27.8 Å². The molecule has 0 fully saturated rings. The summed E-state index contributed by atoms with van der Waals surface area (Å²) in [5, 5.41) is 0.990. The number of rotatable bonds is 2. The molecule has 3 aromatic rings. The lowest BCUT2D eigenvalue weighted by Gasteiger charge is -2.11. The van der Waals surface area contributed by atoms with E-state index in [9.17, 15) is 4.79 Å². The Morgan fingerprint density at radius 3 is 2.53 bits per heavy atom. The average molecular weight is 274 g/mol. The van der Waals surface area contributed by atoms with Gasteiger partial charge in [-0.3, -0.25) is 9.48 Å². The molecule has 5 nitrogen and oxygen atoms in total. The molecule has 0 aliphatic rings. The van der Waals surface area contributed by atoms with Gasteiger partial charge in [-0.05, 0) is 23.7 Å². The summed E-state index contributed by atoms with van der Waals surface area (Å²) in [6.45, 7) is 0. The van der Waals surface area contributed by atoms with Crippen LogP contribution in [0.15, 0.2) is 35.1 Å². The normalized spacial score (nSPS) is 11.1. The highest BCUT2D eigenvalue weighted by atomic mass is 32.1. The van der Waals surface area contributed by atoms with Crippen molar-refractivity contribution in [3.05, 3.63) is 40.7 Å². The fourth-order valence-corrected chi connectivity index (χ4v) is 3.02. The predicted octanol–water partition coefficient (Wildman–Crippen LogP) is 1.85. The average Bonchev–Trinajstić information content (AvgIpc) is 2.93. The van der Waals surface area contributed by atoms with E-state index in [2.05, 4.69) is 4.37 Å². The zero-order valence-corrected chi connectivity index (χ0v) is 11.8. The van der Waals surface area contributed by atoms with Gasteiger partial charge >= 0.3 is 0 Å². The van der Waals surface area contributed by atoms with Crippen LogP contribution >= 0.6 is 11.5 Å². The number of hydrogen-bond donors (Lipinski definition) is 0. The summed E-state index contributed by atoms with van der Waals surface area (Å²) in [6, 6.07) is 9.60. The minimum absolute atomic E-state index is 0.0759. The van der Waals surface area contributed by atoms with Crippen LogP contribution in [-0.2, 0) is 7.05 Å². The molecular weight excluding hydrogens is 260 g/mol. The lowest BCUT2D eigenvalue weighted by atomic mass is 10.3. The van der Waals surface area contributed by atoms with E-state index < -0.39 is 0 Å². The lowest BCUT2D eigenvalue weighted by Crippen LogP contribution is -2.19. The van der Waals surface area contributed by atoms with Gasteiger partial charge in [0.2, 0.25) is 0 Å². The molecule has 98 valence electrons. The van der Waals surface area contributed by atoms with Crippen LogP contribution in [0.2, 0.25) is 0 Å². The quantitative estimate of drug-likeness (QED) is 0.716. The Morgan fingerprint density at radius 2 is 1.89 bits per heavy atom. The molecule has 3 rings (SSSR count). The molecule has 0 spiro atoms. The maximum atomic E-state index is 12.5. The maximum absolute atomic E-state index is 12.5. The lowest BCUT2D eigenvalue weighted by molar-refractivity contribution is 0.666. The number of fused-ring (bicyclic) bond motifs is 1. The first-order valence-corrected chi connectivity index (χ1v) is 6.68. The molecule has 0 atom stereocenters. The van der Waals surface area contributed by atoms with Gasteiger partial charge in [-0.1, -0.05) is 18.2 Å². The van der Waals surface area contributed by atoms with Crippen LogP contribution in [0.5, 0.6) is 0 Å². The monoisotopic (exact) mass is 274 g/mol. The molecule has 0 aliphatic heterocycles. The van der Waals surface area contributed by atoms with E-state index in [-0.39, 0.29) is 5.56 Å². The number of para-hydroxylation sites is 1. The summed E-state index contributed by atoms with van der Waals surface area (Å²) in [6.07, 6.45) is 0. The van der Waals surface area contributed by atoms with Crippen molar-refractivity contribution in [1.82, 2.24) is 13.7 Å². The standard InChI is InChI=1S/C13H14N4OS/c1-15(2)13-11-10(14-19-13)12(18)17(16(11)3)9-7-5-4-6-8-9/h4-8H,1-3H3. The molecule has 0 amide bonds. The van der Waals surface area contributed by atoms with E-state index in [4.69, 9.17) is 0 Å². The van der Waals surface area contributed by atoms with Gasteiger partial charge in [0.05, 0.1) is 5.69 Å². The first-order valence-electron chi connectivity index (χ1n) is 5.91. The molecule has 0 unspecified atom stereocenters. The highest BCUT2D eigenvalue weighted by Crippen LogP contribution is 2.28. The number of anilines is 1. The van der Waals surface area contributed by atoms with E-state index in [1.54, 1.807) is 4.68 Å². The minimum atomic E-state index is -0.0759. The zero-order chi connectivity index (χ0) is 13.6. The van der Waals surface area contributed by atoms with E-state index in [0.29, 0.717) is 5.52 Å². The zero-order valence-electron chi connectivity index (χ0n) is 11.0. The summed E-state index contributed by atoms with van der Waals surface area (Å²) in [4.78, 5) is 14.4. The second-order valence-corrected chi connectivity index (χ2v) is 5.31. The largest absolute Gasteiger partial charge is 0.367 e. The molecule has 0 saturated carbocycles. The highest BCUT2D eigenvalue weighted by molar-refractivity contribution is 7.11. The van der Waals surface area contributed by atoms with Crippen LogP contribution < -0.4 is 10.5 Å². The summed E-state index contributed by atoms with van der Waals surface area (Å²) in [5.74, 6) is 0. The van der Waals surface area contributed by atoms with Crippen molar-refractivity contribution in [1.29, 1.82) is 0 Å². The van der Waals surface area contributed by atoms with Crippen LogP contribution in [0.3, 0.4) is 0 Å². The second kappa shape index (κ2) is 4.24. The Labute approximate surface area is 114 Å². The van der Waals surface area contributed by atoms with Crippen LogP contribution in [0.4, 0.5) is 5.00 Å². The van der Waals surface area contributed by atoms with Crippen molar-refractivity contribution in [2.45, 2.75) is 0 Å². The van der Waals surface area contributed by atoms with E-state index in [1.165, 1.54) is 11.5 Å². The summed E-state index contributed by atoms with van der Waals surface area (Å²) < 4.78 is 7.81. The molecule has 0 saturated heterocycles. The van der Waals surface area contributed by atoms with Crippen molar-refractivity contribution < 1.29 is 0 Å². The molecule has 0 bridgehead atoms. The first-order chi connectivity index (χ1) is 9.11. The van der Waals surface area contributed by atoms with Gasteiger partial charge in [0, 0.05) is 21.1 Å². The van der Waals surface area contributed by atoms with Gasteiger partial charge in [0.1, 0.15) is 10.5 Å². The Hall–Kier alpha value is -2.08.